The van der Waals surface area contributed by atoms with Gasteiger partial charge in [-0.15, -0.1) is 10.2 Å². The average molecular weight is 449 g/mol. The normalized spacial score (nSPS) is 11.1. The van der Waals surface area contributed by atoms with Gasteiger partial charge in [0.15, 0.2) is 5.52 Å². The fraction of sp³-hybridized carbons (Fsp3) is 0.222. The Hall–Kier alpha value is -2.80. The largest absolute Gasteiger partial charge is 0.371 e. The standard InChI is InChI=1S/C18H14Cl2N6O2S/c1-2-25(9-3-8-21)12-6-4-11(5-7-12)23-24-18-22-16-14(29-18)10-13(19)15(20)17(16)26(27)28/h4-7,10H,2-3,9H2,1H3. The van der Waals surface area contributed by atoms with Crippen LogP contribution in [0.15, 0.2) is 40.6 Å². The highest BCUT2D eigenvalue weighted by Crippen LogP contribution is 2.42. The van der Waals surface area contributed by atoms with Crippen molar-refractivity contribution >= 4 is 66.9 Å². The number of nitrogens with zero attached hydrogens (tertiary/aromatic N) is 6. The Kier molecular flexibility index (Phi) is 6.59. The van der Waals surface area contributed by atoms with Crippen LogP contribution < -0.4 is 4.90 Å². The van der Waals surface area contributed by atoms with Gasteiger partial charge in [0.1, 0.15) is 5.02 Å². The van der Waals surface area contributed by atoms with Crippen LogP contribution in [0.4, 0.5) is 22.2 Å². The number of fused-ring (bicyclic) bond motifs is 1. The molecule has 0 fully saturated rings. The molecule has 0 unspecified atom stereocenters. The molecule has 3 aromatic rings. The Balaban J connectivity index is 1.85. The molecule has 3 rings (SSSR count). The first-order valence-electron chi connectivity index (χ1n) is 8.51. The predicted molar refractivity (Wildman–Crippen MR) is 115 cm³/mol. The maximum atomic E-state index is 11.3. The Labute approximate surface area is 180 Å². The highest BCUT2D eigenvalue weighted by atomic mass is 35.5. The van der Waals surface area contributed by atoms with Crippen LogP contribution >= 0.6 is 34.5 Å². The number of aromatic nitrogens is 1. The van der Waals surface area contributed by atoms with Crippen molar-refractivity contribution in [3.63, 3.8) is 0 Å². The molecule has 0 spiro atoms. The number of halogens is 2. The van der Waals surface area contributed by atoms with Gasteiger partial charge in [-0.3, -0.25) is 10.1 Å². The predicted octanol–water partition coefficient (Wildman–Crippen LogP) is 6.67. The minimum Gasteiger partial charge on any atom is -0.371 e. The third kappa shape index (κ3) is 4.62. The van der Waals surface area contributed by atoms with Crippen LogP contribution in [0.1, 0.15) is 13.3 Å². The van der Waals surface area contributed by atoms with Crippen LogP contribution in [0.5, 0.6) is 0 Å². The van der Waals surface area contributed by atoms with Crippen LogP contribution in [0.3, 0.4) is 0 Å². The topological polar surface area (TPSA) is 108 Å². The van der Waals surface area contributed by atoms with E-state index in [-0.39, 0.29) is 26.4 Å². The summed E-state index contributed by atoms with van der Waals surface area (Å²) in [7, 11) is 0. The summed E-state index contributed by atoms with van der Waals surface area (Å²) in [6.45, 7) is 3.47. The molecule has 11 heteroatoms. The second kappa shape index (κ2) is 9.13. The SMILES string of the molecule is CCN(CCC#N)c1ccc(N=Nc2nc3c([N+](=O)[O-])c(Cl)c(Cl)cc3s2)cc1. The fourth-order valence-electron chi connectivity index (χ4n) is 2.68. The Bertz CT molecular complexity index is 1120. The van der Waals surface area contributed by atoms with Crippen LogP contribution in [-0.2, 0) is 0 Å². The Morgan fingerprint density at radius 1 is 1.31 bits per heavy atom. The molecule has 0 bridgehead atoms. The summed E-state index contributed by atoms with van der Waals surface area (Å²) in [5, 5.41) is 28.5. The zero-order valence-electron chi connectivity index (χ0n) is 15.2. The minimum absolute atomic E-state index is 0.0884. The summed E-state index contributed by atoms with van der Waals surface area (Å²) in [6, 6.07) is 11.1. The van der Waals surface area contributed by atoms with Gasteiger partial charge in [-0.2, -0.15) is 5.26 Å². The maximum absolute atomic E-state index is 11.3. The lowest BCUT2D eigenvalue weighted by Gasteiger charge is -2.21. The van der Waals surface area contributed by atoms with E-state index >= 15 is 0 Å². The van der Waals surface area contributed by atoms with Gasteiger partial charge >= 0.3 is 5.69 Å². The number of benzene rings is 2. The van der Waals surface area contributed by atoms with E-state index in [0.29, 0.717) is 23.4 Å². The number of rotatable bonds is 7. The third-order valence-electron chi connectivity index (χ3n) is 4.07. The molecule has 0 saturated heterocycles. The molecule has 0 atom stereocenters. The van der Waals surface area contributed by atoms with E-state index < -0.39 is 4.92 Å². The summed E-state index contributed by atoms with van der Waals surface area (Å²) < 4.78 is 0.506. The van der Waals surface area contributed by atoms with Crippen LogP contribution in [0.25, 0.3) is 10.2 Å². The van der Waals surface area contributed by atoms with E-state index in [1.807, 2.05) is 19.1 Å². The number of hydrogen-bond donors (Lipinski definition) is 0. The van der Waals surface area contributed by atoms with E-state index in [2.05, 4.69) is 26.2 Å². The smallest absolute Gasteiger partial charge is 0.316 e. The van der Waals surface area contributed by atoms with Crippen molar-refractivity contribution in [1.82, 2.24) is 4.98 Å². The van der Waals surface area contributed by atoms with Gasteiger partial charge in [-0.1, -0.05) is 34.5 Å². The minimum atomic E-state index is -0.609. The quantitative estimate of drug-likeness (QED) is 0.227. The number of nitro groups is 1. The van der Waals surface area contributed by atoms with E-state index in [4.69, 9.17) is 28.5 Å². The number of nitro benzene ring substituents is 1. The molecule has 2 aromatic carbocycles. The maximum Gasteiger partial charge on any atom is 0.316 e. The second-order valence-electron chi connectivity index (χ2n) is 5.83. The van der Waals surface area contributed by atoms with Crippen molar-refractivity contribution in [3.8, 4) is 6.07 Å². The molecule has 148 valence electrons. The van der Waals surface area contributed by atoms with Gasteiger partial charge < -0.3 is 4.90 Å². The van der Waals surface area contributed by atoms with Crippen molar-refractivity contribution in [1.29, 1.82) is 5.26 Å². The van der Waals surface area contributed by atoms with Crippen LogP contribution in [-0.4, -0.2) is 23.0 Å². The zero-order chi connectivity index (χ0) is 21.0. The number of nitriles is 1. The van der Waals surface area contributed by atoms with Crippen molar-refractivity contribution < 1.29 is 4.92 Å². The first-order valence-corrected chi connectivity index (χ1v) is 10.1. The fourth-order valence-corrected chi connectivity index (χ4v) is 3.99. The number of hydrogen-bond acceptors (Lipinski definition) is 8. The zero-order valence-corrected chi connectivity index (χ0v) is 17.5. The summed E-state index contributed by atoms with van der Waals surface area (Å²) >= 11 is 13.1. The van der Waals surface area contributed by atoms with Crippen molar-refractivity contribution in [3.05, 3.63) is 50.5 Å². The molecule has 8 nitrogen and oxygen atoms in total. The van der Waals surface area contributed by atoms with E-state index in [9.17, 15) is 10.1 Å². The first-order chi connectivity index (χ1) is 13.9. The molecular formula is C18H14Cl2N6O2S. The highest BCUT2D eigenvalue weighted by Gasteiger charge is 2.24. The molecule has 0 amide bonds. The van der Waals surface area contributed by atoms with Crippen molar-refractivity contribution in [2.75, 3.05) is 18.0 Å². The lowest BCUT2D eigenvalue weighted by Crippen LogP contribution is -2.23. The van der Waals surface area contributed by atoms with Gasteiger partial charge in [-0.05, 0) is 37.3 Å². The molecular weight excluding hydrogens is 435 g/mol. The molecule has 0 aliphatic rings. The van der Waals surface area contributed by atoms with E-state index in [1.54, 1.807) is 12.1 Å². The molecule has 0 radical (unpaired) electrons. The van der Waals surface area contributed by atoms with Crippen LogP contribution in [0.2, 0.25) is 10.0 Å². The molecule has 1 aromatic heterocycles. The van der Waals surface area contributed by atoms with Gasteiger partial charge in [0.05, 0.1) is 32.8 Å². The Morgan fingerprint density at radius 2 is 2.03 bits per heavy atom. The summed E-state index contributed by atoms with van der Waals surface area (Å²) in [5.74, 6) is 0. The van der Waals surface area contributed by atoms with Gasteiger partial charge in [-0.25, -0.2) is 4.98 Å². The third-order valence-corrected chi connectivity index (χ3v) is 5.73. The second-order valence-corrected chi connectivity index (χ2v) is 7.62. The first kappa shape index (κ1) is 20.9. The van der Waals surface area contributed by atoms with Crippen molar-refractivity contribution in [2.24, 2.45) is 10.2 Å². The molecule has 29 heavy (non-hydrogen) atoms. The molecule has 0 aliphatic heterocycles. The van der Waals surface area contributed by atoms with Gasteiger partial charge in [0.2, 0.25) is 5.13 Å². The van der Waals surface area contributed by atoms with Crippen LogP contribution in [0, 0.1) is 21.4 Å². The van der Waals surface area contributed by atoms with E-state index in [1.165, 1.54) is 6.07 Å². The van der Waals surface area contributed by atoms with E-state index in [0.717, 1.165) is 23.6 Å². The highest BCUT2D eigenvalue weighted by molar-refractivity contribution is 7.22. The number of anilines is 1. The van der Waals surface area contributed by atoms with Gasteiger partial charge in [0, 0.05) is 18.8 Å². The lowest BCUT2D eigenvalue weighted by atomic mass is 10.2. The summed E-state index contributed by atoms with van der Waals surface area (Å²) in [5.41, 5.74) is 1.39. The molecule has 0 saturated carbocycles. The summed E-state index contributed by atoms with van der Waals surface area (Å²) in [4.78, 5) is 17.0. The van der Waals surface area contributed by atoms with Crippen molar-refractivity contribution in [2.45, 2.75) is 13.3 Å². The summed E-state index contributed by atoms with van der Waals surface area (Å²) in [6.07, 6.45) is 0.451. The molecule has 1 heterocycles. The lowest BCUT2D eigenvalue weighted by molar-refractivity contribution is -0.383. The Morgan fingerprint density at radius 3 is 2.66 bits per heavy atom. The number of azo groups is 1. The monoisotopic (exact) mass is 448 g/mol. The number of thiazole rings is 1. The van der Waals surface area contributed by atoms with Gasteiger partial charge in [0.25, 0.3) is 0 Å². The molecule has 0 N–H and O–H groups in total. The average Bonchev–Trinajstić information content (AvgIpc) is 3.10. The molecule has 0 aliphatic carbocycles.